The van der Waals surface area contributed by atoms with Crippen molar-refractivity contribution in [3.05, 3.63) is 36.5 Å². The third kappa shape index (κ3) is 25.4. The lowest BCUT2D eigenvalue weighted by atomic mass is 10.0. The summed E-state index contributed by atoms with van der Waals surface area (Å²) in [4.78, 5) is 24.2. The van der Waals surface area contributed by atoms with Crippen LogP contribution in [0.1, 0.15) is 162 Å². The first kappa shape index (κ1) is 40.1. The molecule has 0 bridgehead atoms. The van der Waals surface area contributed by atoms with Crippen LogP contribution in [0.25, 0.3) is 0 Å². The summed E-state index contributed by atoms with van der Waals surface area (Å²) in [6, 6.07) is 0. The summed E-state index contributed by atoms with van der Waals surface area (Å²) in [5, 5.41) is 9.53. The van der Waals surface area contributed by atoms with Gasteiger partial charge in [-0.2, -0.15) is 0 Å². The standard InChI is InChI=1S/C38H66O6/c1-3-5-7-9-11-13-14-15-17-19-21-26-30-37(40)42-33-34(32-39)43-38(41)31-27-23-22-25-29-36-35(44-36)28-24-20-18-16-12-10-8-6-4-2/h12,16,20,22,24-25,34-36,39H,3-11,13-15,17-19,21,23,26-33H2,1-2H3/b16-12-,24-20-,25-22-/t34-,35?,36?/m0/s1. The second-order valence-corrected chi connectivity index (χ2v) is 12.3. The van der Waals surface area contributed by atoms with Crippen molar-refractivity contribution in [2.45, 2.75) is 180 Å². The number of unbranched alkanes of at least 4 members (excludes halogenated alkanes) is 15. The van der Waals surface area contributed by atoms with Crippen LogP contribution in [0.2, 0.25) is 0 Å². The molecular formula is C38H66O6. The largest absolute Gasteiger partial charge is 0.462 e. The van der Waals surface area contributed by atoms with Crippen LogP contribution in [0.5, 0.6) is 0 Å². The fraction of sp³-hybridized carbons (Fsp3) is 0.789. The first-order valence-corrected chi connectivity index (χ1v) is 18.2. The summed E-state index contributed by atoms with van der Waals surface area (Å²) < 4.78 is 16.3. The molecule has 1 aliphatic heterocycles. The SMILES string of the molecule is CCCCC/C=C\C/C=C\CC1OC1C/C=C\CCCC(=O)O[C@@H](CO)COC(=O)CCCCCCCCCCCCCC. The van der Waals surface area contributed by atoms with Crippen molar-refractivity contribution in [2.75, 3.05) is 13.2 Å². The maximum atomic E-state index is 12.1. The van der Waals surface area contributed by atoms with E-state index in [9.17, 15) is 14.7 Å². The molecule has 0 aromatic heterocycles. The number of carbonyl (C=O) groups is 2. The van der Waals surface area contributed by atoms with Crippen LogP contribution in [0, 0.1) is 0 Å². The van der Waals surface area contributed by atoms with Gasteiger partial charge in [-0.25, -0.2) is 0 Å². The molecule has 1 aliphatic rings. The Kier molecular flexibility index (Phi) is 27.1. The van der Waals surface area contributed by atoms with Crippen LogP contribution in [0.15, 0.2) is 36.5 Å². The van der Waals surface area contributed by atoms with Gasteiger partial charge in [-0.3, -0.25) is 9.59 Å². The predicted molar refractivity (Wildman–Crippen MR) is 182 cm³/mol. The Morgan fingerprint density at radius 3 is 1.77 bits per heavy atom. The molecule has 3 atom stereocenters. The van der Waals surface area contributed by atoms with E-state index in [2.05, 4.69) is 50.3 Å². The molecular weight excluding hydrogens is 552 g/mol. The minimum absolute atomic E-state index is 0.0906. The second kappa shape index (κ2) is 29.8. The molecule has 1 saturated heterocycles. The van der Waals surface area contributed by atoms with Crippen molar-refractivity contribution in [2.24, 2.45) is 0 Å². The lowest BCUT2D eigenvalue weighted by Gasteiger charge is -2.15. The number of esters is 2. The van der Waals surface area contributed by atoms with Crippen molar-refractivity contribution >= 4 is 11.9 Å². The van der Waals surface area contributed by atoms with Crippen LogP contribution in [-0.4, -0.2) is 48.6 Å². The quantitative estimate of drug-likeness (QED) is 0.0360. The van der Waals surface area contributed by atoms with Gasteiger partial charge in [-0.1, -0.05) is 134 Å². The average Bonchev–Trinajstić information content (AvgIpc) is 3.78. The average molecular weight is 619 g/mol. The first-order chi connectivity index (χ1) is 21.6. The molecule has 1 heterocycles. The highest BCUT2D eigenvalue weighted by molar-refractivity contribution is 5.70. The van der Waals surface area contributed by atoms with E-state index in [0.29, 0.717) is 25.0 Å². The van der Waals surface area contributed by atoms with E-state index in [0.717, 1.165) is 44.9 Å². The monoisotopic (exact) mass is 618 g/mol. The summed E-state index contributed by atoms with van der Waals surface area (Å²) in [5.74, 6) is -0.664. The Balaban J connectivity index is 1.96. The van der Waals surface area contributed by atoms with Gasteiger partial charge in [-0.05, 0) is 51.4 Å². The maximum Gasteiger partial charge on any atom is 0.306 e. The van der Waals surface area contributed by atoms with Crippen LogP contribution < -0.4 is 0 Å². The van der Waals surface area contributed by atoms with E-state index in [1.807, 2.05) is 0 Å². The molecule has 0 saturated carbocycles. The second-order valence-electron chi connectivity index (χ2n) is 12.3. The third-order valence-corrected chi connectivity index (χ3v) is 8.09. The lowest BCUT2D eigenvalue weighted by molar-refractivity contribution is -0.161. The third-order valence-electron chi connectivity index (χ3n) is 8.09. The topological polar surface area (TPSA) is 85.4 Å². The fourth-order valence-electron chi connectivity index (χ4n) is 5.17. The van der Waals surface area contributed by atoms with E-state index in [-0.39, 0.29) is 31.6 Å². The predicted octanol–water partition coefficient (Wildman–Crippen LogP) is 9.88. The summed E-state index contributed by atoms with van der Waals surface area (Å²) in [6.07, 6.45) is 38.0. The van der Waals surface area contributed by atoms with Crippen molar-refractivity contribution in [3.8, 4) is 0 Å². The number of hydrogen-bond donors (Lipinski definition) is 1. The van der Waals surface area contributed by atoms with Crippen molar-refractivity contribution in [1.29, 1.82) is 0 Å². The minimum Gasteiger partial charge on any atom is -0.462 e. The molecule has 0 aliphatic carbocycles. The van der Waals surface area contributed by atoms with Crippen LogP contribution in [-0.2, 0) is 23.8 Å². The molecule has 1 fully saturated rings. The van der Waals surface area contributed by atoms with Gasteiger partial charge in [0.05, 0.1) is 18.8 Å². The normalized spacial score (nSPS) is 17.2. The van der Waals surface area contributed by atoms with Gasteiger partial charge in [0, 0.05) is 12.8 Å². The Labute approximate surface area is 270 Å². The highest BCUT2D eigenvalue weighted by Crippen LogP contribution is 2.29. The van der Waals surface area contributed by atoms with Crippen LogP contribution in [0.4, 0.5) is 0 Å². The summed E-state index contributed by atoms with van der Waals surface area (Å²) in [5.41, 5.74) is 0. The summed E-state index contributed by atoms with van der Waals surface area (Å²) in [7, 11) is 0. The van der Waals surface area contributed by atoms with Crippen LogP contribution >= 0.6 is 0 Å². The molecule has 6 heteroatoms. The number of hydrogen-bond acceptors (Lipinski definition) is 6. The number of carbonyl (C=O) groups excluding carboxylic acids is 2. The Morgan fingerprint density at radius 2 is 1.14 bits per heavy atom. The molecule has 0 radical (unpaired) electrons. The maximum absolute atomic E-state index is 12.1. The Morgan fingerprint density at radius 1 is 0.636 bits per heavy atom. The molecule has 6 nitrogen and oxygen atoms in total. The Hall–Kier alpha value is -1.92. The van der Waals surface area contributed by atoms with Crippen molar-refractivity contribution < 1.29 is 28.9 Å². The zero-order valence-corrected chi connectivity index (χ0v) is 28.4. The Bertz CT molecular complexity index is 773. The molecule has 0 amide bonds. The molecule has 0 aromatic rings. The highest BCUT2D eigenvalue weighted by Gasteiger charge is 2.35. The van der Waals surface area contributed by atoms with Gasteiger partial charge in [0.15, 0.2) is 6.10 Å². The zero-order chi connectivity index (χ0) is 31.9. The van der Waals surface area contributed by atoms with Gasteiger partial charge in [0.1, 0.15) is 6.61 Å². The number of aliphatic hydroxyl groups is 1. The number of ether oxygens (including phenoxy) is 3. The summed E-state index contributed by atoms with van der Waals surface area (Å²) >= 11 is 0. The molecule has 254 valence electrons. The number of allylic oxidation sites excluding steroid dienone is 4. The zero-order valence-electron chi connectivity index (χ0n) is 28.4. The fourth-order valence-corrected chi connectivity index (χ4v) is 5.17. The number of epoxide rings is 1. The van der Waals surface area contributed by atoms with Gasteiger partial charge < -0.3 is 19.3 Å². The molecule has 0 aromatic carbocycles. The van der Waals surface area contributed by atoms with E-state index in [4.69, 9.17) is 14.2 Å². The highest BCUT2D eigenvalue weighted by atomic mass is 16.6. The van der Waals surface area contributed by atoms with Crippen molar-refractivity contribution in [3.63, 3.8) is 0 Å². The van der Waals surface area contributed by atoms with E-state index >= 15 is 0 Å². The summed E-state index contributed by atoms with van der Waals surface area (Å²) in [6.45, 7) is 4.03. The van der Waals surface area contributed by atoms with Gasteiger partial charge in [0.2, 0.25) is 0 Å². The van der Waals surface area contributed by atoms with Gasteiger partial charge >= 0.3 is 11.9 Å². The minimum atomic E-state index is -0.802. The van der Waals surface area contributed by atoms with Crippen LogP contribution in [0.3, 0.4) is 0 Å². The molecule has 44 heavy (non-hydrogen) atoms. The number of aliphatic hydroxyl groups excluding tert-OH is 1. The van der Waals surface area contributed by atoms with Crippen molar-refractivity contribution in [1.82, 2.24) is 0 Å². The molecule has 0 spiro atoms. The van der Waals surface area contributed by atoms with Gasteiger partial charge in [0.25, 0.3) is 0 Å². The first-order valence-electron chi connectivity index (χ1n) is 18.2. The molecule has 1 N–H and O–H groups in total. The molecule has 2 unspecified atom stereocenters. The van der Waals surface area contributed by atoms with E-state index in [1.54, 1.807) is 0 Å². The van der Waals surface area contributed by atoms with Gasteiger partial charge in [-0.15, -0.1) is 0 Å². The molecule has 1 rings (SSSR count). The number of rotatable bonds is 31. The van der Waals surface area contributed by atoms with E-state index < -0.39 is 6.10 Å². The lowest BCUT2D eigenvalue weighted by Crippen LogP contribution is -2.28. The van der Waals surface area contributed by atoms with E-state index in [1.165, 1.54) is 83.5 Å². The smallest absolute Gasteiger partial charge is 0.306 e.